The van der Waals surface area contributed by atoms with Crippen LogP contribution in [0.5, 0.6) is 0 Å². The van der Waals surface area contributed by atoms with Gasteiger partial charge in [-0.15, -0.1) is 0 Å². The van der Waals surface area contributed by atoms with Crippen molar-refractivity contribution in [1.29, 1.82) is 0 Å². The van der Waals surface area contributed by atoms with Crippen LogP contribution in [0.1, 0.15) is 341 Å². The van der Waals surface area contributed by atoms with E-state index in [0.29, 0.717) is 23.9 Å². The van der Waals surface area contributed by atoms with Crippen LogP contribution >= 0.6 is 7.82 Å². The van der Waals surface area contributed by atoms with Gasteiger partial charge in [0.1, 0.15) is 13.2 Å². The topological polar surface area (TPSA) is 108 Å². The molecule has 0 saturated carbocycles. The molecule has 0 radical (unpaired) electrons. The number of allylic oxidation sites excluding steroid dienone is 4. The first-order valence-corrected chi connectivity index (χ1v) is 34.6. The number of amides is 1. The lowest BCUT2D eigenvalue weighted by Gasteiger charge is -2.30. The normalized spacial score (nSPS) is 13.9. The summed E-state index contributed by atoms with van der Waals surface area (Å²) in [5, 5.41) is 14.0. The highest BCUT2D eigenvalue weighted by Gasteiger charge is 2.24. The fourth-order valence-corrected chi connectivity index (χ4v) is 11.0. The van der Waals surface area contributed by atoms with Crippen molar-refractivity contribution < 1.29 is 32.9 Å². The molecule has 0 bridgehead atoms. The van der Waals surface area contributed by atoms with Crippen LogP contribution in [0.4, 0.5) is 0 Å². The molecule has 0 aromatic rings. The smallest absolute Gasteiger partial charge is 0.268 e. The highest BCUT2D eigenvalue weighted by Crippen LogP contribution is 2.38. The van der Waals surface area contributed by atoms with E-state index < -0.39 is 20.0 Å². The first-order chi connectivity index (χ1) is 36.5. The molecule has 0 aromatic heterocycles. The first-order valence-electron chi connectivity index (χ1n) is 33.2. The minimum atomic E-state index is -4.57. The Morgan fingerprint density at radius 2 is 0.773 bits per heavy atom. The minimum Gasteiger partial charge on any atom is -0.756 e. The predicted octanol–water partition coefficient (Wildman–Crippen LogP) is 20.1. The molecular weight excluding hydrogens is 948 g/mol. The molecule has 3 atom stereocenters. The Labute approximate surface area is 468 Å². The number of phosphoric ester groups is 1. The summed E-state index contributed by atoms with van der Waals surface area (Å²) in [4.78, 5) is 25.5. The molecule has 8 nitrogen and oxygen atoms in total. The number of unbranched alkanes of at least 4 members (excludes halogenated alkanes) is 45. The SMILES string of the molecule is CCCCCCC/C=C\C/C=C\CCCCCCCCCCCCCCCCCCCCCCCCCCCCCCCC(=O)NC(COP(=O)([O-])OCC[N+](C)(C)C)C(O)CCCCCCCCCCCCCC. The molecule has 0 fully saturated rings. The standard InChI is InChI=1S/C66H131N2O6P/c1-6-8-10-12-14-16-18-20-21-22-23-24-25-26-27-28-29-30-31-32-33-34-35-36-37-38-39-40-41-42-43-44-45-46-47-48-50-52-54-56-58-60-66(70)67-64(63-74-75(71,72)73-62-61-68(3,4)5)65(69)59-57-55-53-51-49-19-17-15-13-11-9-7-2/h18,20,22-23,64-65,69H,6-17,19,21,24-63H2,1-5H3,(H-,67,70,71,72)/b20-18-,23-22-. The fourth-order valence-electron chi connectivity index (χ4n) is 10.3. The van der Waals surface area contributed by atoms with Crippen LogP contribution in [0.15, 0.2) is 24.3 Å². The van der Waals surface area contributed by atoms with Crippen molar-refractivity contribution in [2.45, 2.75) is 353 Å². The molecule has 0 rings (SSSR count). The number of likely N-dealkylation sites (N-methyl/N-ethyl adjacent to an activating group) is 1. The molecule has 0 heterocycles. The first kappa shape index (κ1) is 74.0. The molecule has 0 aliphatic rings. The lowest BCUT2D eigenvalue weighted by atomic mass is 10.0. The molecule has 0 aliphatic carbocycles. The summed E-state index contributed by atoms with van der Waals surface area (Å²) in [5.74, 6) is -0.158. The lowest BCUT2D eigenvalue weighted by Crippen LogP contribution is -2.46. The number of carbonyl (C=O) groups is 1. The Morgan fingerprint density at radius 1 is 0.467 bits per heavy atom. The van der Waals surface area contributed by atoms with Crippen LogP contribution in [0.3, 0.4) is 0 Å². The third-order valence-corrected chi connectivity index (χ3v) is 16.4. The Bertz CT molecular complexity index is 1270. The number of phosphoric acid groups is 1. The van der Waals surface area contributed by atoms with Gasteiger partial charge in [0.25, 0.3) is 7.82 Å². The molecular formula is C66H131N2O6P. The summed E-state index contributed by atoms with van der Waals surface area (Å²) in [6.07, 6.45) is 74.1. The molecule has 2 N–H and O–H groups in total. The average Bonchev–Trinajstić information content (AvgIpc) is 3.37. The van der Waals surface area contributed by atoms with Gasteiger partial charge in [-0.05, 0) is 44.9 Å². The van der Waals surface area contributed by atoms with Gasteiger partial charge in [-0.3, -0.25) is 9.36 Å². The van der Waals surface area contributed by atoms with Gasteiger partial charge in [0.2, 0.25) is 5.91 Å². The second-order valence-electron chi connectivity index (χ2n) is 24.2. The van der Waals surface area contributed by atoms with Crippen LogP contribution in [0.2, 0.25) is 0 Å². The van der Waals surface area contributed by atoms with Crippen molar-refractivity contribution in [1.82, 2.24) is 5.32 Å². The molecule has 75 heavy (non-hydrogen) atoms. The van der Waals surface area contributed by atoms with Crippen LogP contribution in [0.25, 0.3) is 0 Å². The van der Waals surface area contributed by atoms with Crippen LogP contribution in [-0.2, 0) is 18.4 Å². The summed E-state index contributed by atoms with van der Waals surface area (Å²) in [5.41, 5.74) is 0. The Hall–Kier alpha value is -1.02. The third kappa shape index (κ3) is 60.5. The monoisotopic (exact) mass is 1080 g/mol. The second kappa shape index (κ2) is 57.7. The molecule has 0 saturated heterocycles. The summed E-state index contributed by atoms with van der Waals surface area (Å²) >= 11 is 0. The van der Waals surface area contributed by atoms with Crippen molar-refractivity contribution in [3.63, 3.8) is 0 Å². The van der Waals surface area contributed by atoms with E-state index in [9.17, 15) is 19.4 Å². The molecule has 3 unspecified atom stereocenters. The Morgan fingerprint density at radius 3 is 1.11 bits per heavy atom. The third-order valence-electron chi connectivity index (χ3n) is 15.4. The Balaban J connectivity index is 3.77. The molecule has 9 heteroatoms. The number of nitrogens with zero attached hydrogens (tertiary/aromatic N) is 1. The maximum absolute atomic E-state index is 13.0. The molecule has 446 valence electrons. The predicted molar refractivity (Wildman–Crippen MR) is 325 cm³/mol. The fraction of sp³-hybridized carbons (Fsp3) is 0.924. The van der Waals surface area contributed by atoms with Gasteiger partial charge >= 0.3 is 0 Å². The van der Waals surface area contributed by atoms with Gasteiger partial charge in [0, 0.05) is 6.42 Å². The number of aliphatic hydroxyl groups excluding tert-OH is 1. The number of rotatable bonds is 62. The van der Waals surface area contributed by atoms with Gasteiger partial charge in [0.05, 0.1) is 39.9 Å². The van der Waals surface area contributed by atoms with Crippen molar-refractivity contribution in [3.8, 4) is 0 Å². The largest absolute Gasteiger partial charge is 0.756 e. The summed E-state index contributed by atoms with van der Waals surface area (Å²) in [6, 6.07) is -0.796. The van der Waals surface area contributed by atoms with Crippen LogP contribution < -0.4 is 10.2 Å². The maximum Gasteiger partial charge on any atom is 0.268 e. The summed E-state index contributed by atoms with van der Waals surface area (Å²) in [7, 11) is 1.32. The zero-order valence-corrected chi connectivity index (χ0v) is 51.9. The van der Waals surface area contributed by atoms with E-state index >= 15 is 0 Å². The maximum atomic E-state index is 13.0. The minimum absolute atomic E-state index is 0.0153. The highest BCUT2D eigenvalue weighted by atomic mass is 31.2. The number of aliphatic hydroxyl groups is 1. The number of hydrogen-bond donors (Lipinski definition) is 2. The summed E-state index contributed by atoms with van der Waals surface area (Å²) in [6.45, 7) is 4.74. The van der Waals surface area contributed by atoms with Crippen LogP contribution in [0, 0.1) is 0 Å². The zero-order chi connectivity index (χ0) is 54.9. The van der Waals surface area contributed by atoms with E-state index in [1.165, 1.54) is 270 Å². The van der Waals surface area contributed by atoms with Gasteiger partial charge < -0.3 is 28.8 Å². The molecule has 0 aromatic carbocycles. The van der Waals surface area contributed by atoms with Gasteiger partial charge in [-0.25, -0.2) is 0 Å². The van der Waals surface area contributed by atoms with E-state index in [1.54, 1.807) is 0 Å². The second-order valence-corrected chi connectivity index (χ2v) is 25.6. The van der Waals surface area contributed by atoms with Gasteiger partial charge in [-0.1, -0.05) is 314 Å². The Kier molecular flexibility index (Phi) is 56.9. The highest BCUT2D eigenvalue weighted by molar-refractivity contribution is 7.45. The molecule has 0 spiro atoms. The number of quaternary nitrogens is 1. The van der Waals surface area contributed by atoms with Gasteiger partial charge in [-0.2, -0.15) is 0 Å². The summed E-state index contributed by atoms with van der Waals surface area (Å²) < 4.78 is 23.4. The van der Waals surface area contributed by atoms with Crippen molar-refractivity contribution in [2.75, 3.05) is 40.9 Å². The van der Waals surface area contributed by atoms with E-state index in [2.05, 4.69) is 43.5 Å². The number of hydrogen-bond acceptors (Lipinski definition) is 6. The van der Waals surface area contributed by atoms with Crippen molar-refractivity contribution in [3.05, 3.63) is 24.3 Å². The van der Waals surface area contributed by atoms with E-state index in [1.807, 2.05) is 21.1 Å². The quantitative estimate of drug-likeness (QED) is 0.0272. The number of carbonyl (C=O) groups excluding carboxylic acids is 1. The molecule has 1 amide bonds. The van der Waals surface area contributed by atoms with Gasteiger partial charge in [0.15, 0.2) is 0 Å². The lowest BCUT2D eigenvalue weighted by molar-refractivity contribution is -0.870. The zero-order valence-electron chi connectivity index (χ0n) is 51.0. The van der Waals surface area contributed by atoms with Crippen molar-refractivity contribution in [2.24, 2.45) is 0 Å². The average molecular weight is 1080 g/mol. The van der Waals surface area contributed by atoms with E-state index in [-0.39, 0.29) is 19.1 Å². The van der Waals surface area contributed by atoms with E-state index in [0.717, 1.165) is 44.9 Å². The molecule has 0 aliphatic heterocycles. The van der Waals surface area contributed by atoms with E-state index in [4.69, 9.17) is 9.05 Å². The van der Waals surface area contributed by atoms with Crippen molar-refractivity contribution >= 4 is 13.7 Å². The van der Waals surface area contributed by atoms with Crippen LogP contribution in [-0.4, -0.2) is 68.5 Å². The number of nitrogens with one attached hydrogen (secondary N) is 1.